The van der Waals surface area contributed by atoms with E-state index in [9.17, 15) is 24.0 Å². The number of ether oxygens (including phenoxy) is 1. The van der Waals surface area contributed by atoms with Crippen molar-refractivity contribution in [3.63, 3.8) is 0 Å². The number of benzene rings is 2. The third-order valence-electron chi connectivity index (χ3n) is 7.45. The van der Waals surface area contributed by atoms with Crippen molar-refractivity contribution in [3.05, 3.63) is 65.2 Å². The highest BCUT2D eigenvalue weighted by molar-refractivity contribution is 6.39. The van der Waals surface area contributed by atoms with Crippen molar-refractivity contribution in [1.29, 1.82) is 0 Å². The Labute approximate surface area is 213 Å². The van der Waals surface area contributed by atoms with Crippen LogP contribution >= 0.6 is 0 Å². The molecular weight excluding hydrogens is 476 g/mol. The van der Waals surface area contributed by atoms with Crippen molar-refractivity contribution in [2.75, 3.05) is 11.9 Å². The molecule has 10 nitrogen and oxygen atoms in total. The summed E-state index contributed by atoms with van der Waals surface area (Å²) in [6.45, 7) is 1.96. The summed E-state index contributed by atoms with van der Waals surface area (Å²) < 4.78 is 5.65. The number of carbonyl (C=O) groups excluding carboxylic acids is 5. The quantitative estimate of drug-likeness (QED) is 0.554. The van der Waals surface area contributed by atoms with Gasteiger partial charge in [0.15, 0.2) is 0 Å². The summed E-state index contributed by atoms with van der Waals surface area (Å²) in [5.41, 5.74) is 5.85. The number of primary amides is 1. The molecule has 2 aromatic carbocycles. The van der Waals surface area contributed by atoms with E-state index < -0.39 is 36.0 Å². The Balaban J connectivity index is 1.37. The number of nitrogens with one attached hydrogen (secondary N) is 1. The SMILES string of the molecule is C[C@@H](C1CC1)N(Cc1ccccc1)C(=O)CN1C(=O)OC2(CCc3ccc(NC(=O)C(N)=O)cc32)C1=O. The highest BCUT2D eigenvalue weighted by atomic mass is 16.6. The van der Waals surface area contributed by atoms with Crippen LogP contribution < -0.4 is 11.1 Å². The standard InChI is InChI=1S/C27H28N4O6/c1-16(18-7-8-18)30(14-17-5-3-2-4-6-17)22(32)15-31-25(35)27(37-26(31)36)12-11-19-9-10-20(13-21(19)27)29-24(34)23(28)33/h2-6,9-10,13,16,18H,7-8,11-12,14-15H2,1H3,(H2,28,33)(H,29,34)/t16-,27?/m0/s1. The van der Waals surface area contributed by atoms with E-state index in [0.29, 0.717) is 24.4 Å². The Morgan fingerprint density at radius 3 is 2.57 bits per heavy atom. The summed E-state index contributed by atoms with van der Waals surface area (Å²) in [6, 6.07) is 14.4. The molecule has 3 N–H and O–H groups in total. The van der Waals surface area contributed by atoms with Crippen molar-refractivity contribution >= 4 is 35.4 Å². The van der Waals surface area contributed by atoms with Crippen molar-refractivity contribution in [2.45, 2.75) is 50.8 Å². The van der Waals surface area contributed by atoms with E-state index >= 15 is 0 Å². The van der Waals surface area contributed by atoms with Crippen molar-refractivity contribution in [3.8, 4) is 0 Å². The van der Waals surface area contributed by atoms with Gasteiger partial charge in [0, 0.05) is 30.3 Å². The lowest BCUT2D eigenvalue weighted by Crippen LogP contribution is -2.47. The van der Waals surface area contributed by atoms with Gasteiger partial charge in [0.05, 0.1) is 0 Å². The predicted molar refractivity (Wildman–Crippen MR) is 132 cm³/mol. The lowest BCUT2D eigenvalue weighted by molar-refractivity contribution is -0.143. The second-order valence-electron chi connectivity index (χ2n) is 9.86. The number of nitrogens with zero attached hydrogens (tertiary/aromatic N) is 2. The molecule has 5 amide bonds. The van der Waals surface area contributed by atoms with Crippen LogP contribution in [0.4, 0.5) is 10.5 Å². The largest absolute Gasteiger partial charge is 0.427 e. The van der Waals surface area contributed by atoms with E-state index in [2.05, 4.69) is 5.32 Å². The summed E-state index contributed by atoms with van der Waals surface area (Å²) in [6.07, 6.45) is 1.89. The zero-order valence-electron chi connectivity index (χ0n) is 20.4. The molecule has 2 aromatic rings. The minimum Gasteiger partial charge on any atom is -0.427 e. The Morgan fingerprint density at radius 1 is 1.16 bits per heavy atom. The second kappa shape index (κ2) is 9.34. The van der Waals surface area contributed by atoms with Crippen LogP contribution in [0.25, 0.3) is 0 Å². The number of carbonyl (C=O) groups is 5. The molecule has 1 saturated heterocycles. The third kappa shape index (κ3) is 4.54. The molecule has 2 fully saturated rings. The van der Waals surface area contributed by atoms with Gasteiger partial charge in [0.2, 0.25) is 11.5 Å². The normalized spacial score (nSPS) is 20.9. The van der Waals surface area contributed by atoms with Gasteiger partial charge in [-0.05, 0) is 55.4 Å². The summed E-state index contributed by atoms with van der Waals surface area (Å²) in [4.78, 5) is 65.5. The topological polar surface area (TPSA) is 139 Å². The van der Waals surface area contributed by atoms with Gasteiger partial charge in [-0.25, -0.2) is 9.69 Å². The molecule has 0 radical (unpaired) electrons. The fraction of sp³-hybridized carbons (Fsp3) is 0.370. The predicted octanol–water partition coefficient (Wildman–Crippen LogP) is 2.06. The first kappa shape index (κ1) is 24.5. The monoisotopic (exact) mass is 504 g/mol. The first-order chi connectivity index (χ1) is 17.7. The van der Waals surface area contributed by atoms with E-state index in [1.54, 1.807) is 17.0 Å². The van der Waals surface area contributed by atoms with Gasteiger partial charge in [-0.15, -0.1) is 0 Å². The Morgan fingerprint density at radius 2 is 1.89 bits per heavy atom. The van der Waals surface area contributed by atoms with E-state index in [4.69, 9.17) is 10.5 Å². The van der Waals surface area contributed by atoms with Crippen LogP contribution in [0.15, 0.2) is 48.5 Å². The fourth-order valence-corrected chi connectivity index (χ4v) is 5.20. The molecule has 1 saturated carbocycles. The molecule has 1 spiro atoms. The summed E-state index contributed by atoms with van der Waals surface area (Å²) in [7, 11) is 0. The Bertz CT molecular complexity index is 1290. The third-order valence-corrected chi connectivity index (χ3v) is 7.45. The van der Waals surface area contributed by atoms with Crippen LogP contribution in [0, 0.1) is 5.92 Å². The maximum Gasteiger partial charge on any atom is 0.418 e. The van der Waals surface area contributed by atoms with Gasteiger partial charge >= 0.3 is 17.9 Å². The van der Waals surface area contributed by atoms with Crippen molar-refractivity contribution in [1.82, 2.24) is 9.80 Å². The van der Waals surface area contributed by atoms with Gasteiger partial charge in [0.1, 0.15) is 6.54 Å². The van der Waals surface area contributed by atoms with Crippen LogP contribution in [0.5, 0.6) is 0 Å². The number of aryl methyl sites for hydroxylation is 1. The van der Waals surface area contributed by atoms with Crippen LogP contribution in [0.1, 0.15) is 42.9 Å². The maximum absolute atomic E-state index is 13.6. The van der Waals surface area contributed by atoms with Gasteiger partial charge < -0.3 is 20.7 Å². The number of hydrogen-bond acceptors (Lipinski definition) is 6. The van der Waals surface area contributed by atoms with Gasteiger partial charge in [-0.2, -0.15) is 0 Å². The van der Waals surface area contributed by atoms with Crippen molar-refractivity contribution < 1.29 is 28.7 Å². The van der Waals surface area contributed by atoms with Gasteiger partial charge in [-0.1, -0.05) is 36.4 Å². The molecule has 3 aliphatic rings. The molecule has 10 heteroatoms. The molecule has 2 aliphatic carbocycles. The Hall–Kier alpha value is -4.21. The first-order valence-electron chi connectivity index (χ1n) is 12.3. The molecule has 37 heavy (non-hydrogen) atoms. The first-order valence-corrected chi connectivity index (χ1v) is 12.3. The average molecular weight is 505 g/mol. The van der Waals surface area contributed by atoms with Crippen molar-refractivity contribution in [2.24, 2.45) is 11.7 Å². The van der Waals surface area contributed by atoms with Gasteiger partial charge in [0.25, 0.3) is 5.91 Å². The maximum atomic E-state index is 13.6. The molecule has 0 aromatic heterocycles. The fourth-order valence-electron chi connectivity index (χ4n) is 5.20. The lowest BCUT2D eigenvalue weighted by atomic mass is 9.94. The number of nitrogens with two attached hydrogens (primary N) is 1. The molecule has 5 rings (SSSR count). The highest BCUT2D eigenvalue weighted by Crippen LogP contribution is 2.46. The van der Waals surface area contributed by atoms with E-state index in [1.165, 1.54) is 6.07 Å². The summed E-state index contributed by atoms with van der Waals surface area (Å²) in [5.74, 6) is -2.69. The number of anilines is 1. The number of amides is 5. The molecule has 0 bridgehead atoms. The molecule has 1 heterocycles. The minimum absolute atomic E-state index is 0.0287. The smallest absolute Gasteiger partial charge is 0.418 e. The average Bonchev–Trinajstić information content (AvgIpc) is 3.64. The van der Waals surface area contributed by atoms with E-state index in [0.717, 1.165) is 28.9 Å². The van der Waals surface area contributed by atoms with E-state index in [-0.39, 0.29) is 24.1 Å². The van der Waals surface area contributed by atoms with Crippen LogP contribution in [0.2, 0.25) is 0 Å². The number of fused-ring (bicyclic) bond motifs is 2. The molecular formula is C27H28N4O6. The summed E-state index contributed by atoms with van der Waals surface area (Å²) in [5, 5.41) is 2.37. The molecule has 2 atom stereocenters. The molecule has 1 unspecified atom stereocenters. The van der Waals surface area contributed by atoms with Crippen LogP contribution in [0.3, 0.4) is 0 Å². The number of rotatable bonds is 7. The highest BCUT2D eigenvalue weighted by Gasteiger charge is 2.58. The molecule has 192 valence electrons. The number of imide groups is 1. The second-order valence-corrected chi connectivity index (χ2v) is 9.86. The lowest BCUT2D eigenvalue weighted by Gasteiger charge is -2.30. The van der Waals surface area contributed by atoms with Crippen LogP contribution in [-0.2, 0) is 42.5 Å². The number of hydrogen-bond donors (Lipinski definition) is 2. The zero-order chi connectivity index (χ0) is 26.3. The Kier molecular flexibility index (Phi) is 6.18. The molecule has 1 aliphatic heterocycles. The van der Waals surface area contributed by atoms with Gasteiger partial charge in [-0.3, -0.25) is 19.2 Å². The minimum atomic E-state index is -1.58. The van der Waals surface area contributed by atoms with E-state index in [1.807, 2.05) is 37.3 Å². The zero-order valence-corrected chi connectivity index (χ0v) is 20.4. The van der Waals surface area contributed by atoms with Crippen LogP contribution in [-0.4, -0.2) is 52.1 Å². The summed E-state index contributed by atoms with van der Waals surface area (Å²) >= 11 is 0.